The van der Waals surface area contributed by atoms with Gasteiger partial charge in [-0.1, -0.05) is 0 Å². The van der Waals surface area contributed by atoms with Crippen molar-refractivity contribution in [3.05, 3.63) is 29.6 Å². The average Bonchev–Trinajstić information content (AvgIpc) is 2.28. The summed E-state index contributed by atoms with van der Waals surface area (Å²) in [5, 5.41) is 20.9. The molecule has 5 heteroatoms. The number of rotatable bonds is 5. The van der Waals surface area contributed by atoms with Crippen molar-refractivity contribution in [2.45, 2.75) is 6.10 Å². The van der Waals surface area contributed by atoms with Crippen LogP contribution in [0.25, 0.3) is 0 Å². The Hall–Kier alpha value is -1.64. The van der Waals surface area contributed by atoms with E-state index in [2.05, 4.69) is 5.32 Å². The van der Waals surface area contributed by atoms with Gasteiger partial charge in [-0.15, -0.1) is 0 Å². The molecule has 1 aromatic carbocycles. The average molecular weight is 224 g/mol. The molecule has 0 bridgehead atoms. The van der Waals surface area contributed by atoms with Crippen molar-refractivity contribution in [2.24, 2.45) is 0 Å². The molecule has 0 aliphatic heterocycles. The van der Waals surface area contributed by atoms with E-state index in [4.69, 9.17) is 10.00 Å². The molecule has 1 unspecified atom stereocenters. The molecule has 1 rings (SSSR count). The monoisotopic (exact) mass is 224 g/mol. The first-order valence-corrected chi connectivity index (χ1v) is 4.78. The highest BCUT2D eigenvalue weighted by molar-refractivity contribution is 5.49. The third kappa shape index (κ3) is 3.50. The smallest absolute Gasteiger partial charge is 0.141 e. The molecule has 16 heavy (non-hydrogen) atoms. The van der Waals surface area contributed by atoms with Crippen molar-refractivity contribution < 1.29 is 14.2 Å². The van der Waals surface area contributed by atoms with Crippen molar-refractivity contribution >= 4 is 5.69 Å². The minimum atomic E-state index is -0.638. The second-order valence-electron chi connectivity index (χ2n) is 3.30. The van der Waals surface area contributed by atoms with Crippen LogP contribution in [0.1, 0.15) is 5.56 Å². The predicted octanol–water partition coefficient (Wildman–Crippen LogP) is 1.12. The van der Waals surface area contributed by atoms with E-state index >= 15 is 0 Å². The zero-order valence-corrected chi connectivity index (χ0v) is 8.90. The maximum atomic E-state index is 13.0. The van der Waals surface area contributed by atoms with Crippen LogP contribution in [0.4, 0.5) is 10.1 Å². The summed E-state index contributed by atoms with van der Waals surface area (Å²) in [5.74, 6) is -0.550. The third-order valence-corrected chi connectivity index (χ3v) is 1.99. The van der Waals surface area contributed by atoms with Gasteiger partial charge < -0.3 is 15.2 Å². The topological polar surface area (TPSA) is 65.3 Å². The molecular weight excluding hydrogens is 211 g/mol. The van der Waals surface area contributed by atoms with Crippen LogP contribution < -0.4 is 5.32 Å². The molecule has 0 aliphatic carbocycles. The lowest BCUT2D eigenvalue weighted by Gasteiger charge is -2.11. The summed E-state index contributed by atoms with van der Waals surface area (Å²) in [6, 6.07) is 5.87. The molecule has 0 spiro atoms. The number of anilines is 1. The summed E-state index contributed by atoms with van der Waals surface area (Å²) >= 11 is 0. The fourth-order valence-electron chi connectivity index (χ4n) is 1.21. The number of nitrogens with zero attached hydrogens (tertiary/aromatic N) is 1. The van der Waals surface area contributed by atoms with Gasteiger partial charge in [0, 0.05) is 19.3 Å². The Labute approximate surface area is 93.3 Å². The van der Waals surface area contributed by atoms with E-state index in [0.29, 0.717) is 5.69 Å². The van der Waals surface area contributed by atoms with Gasteiger partial charge in [0.15, 0.2) is 0 Å². The van der Waals surface area contributed by atoms with E-state index in [-0.39, 0.29) is 18.7 Å². The lowest BCUT2D eigenvalue weighted by Crippen LogP contribution is -2.24. The molecule has 0 radical (unpaired) electrons. The highest BCUT2D eigenvalue weighted by Crippen LogP contribution is 2.13. The number of aliphatic hydroxyl groups is 1. The second kappa shape index (κ2) is 6.05. The maximum Gasteiger partial charge on any atom is 0.141 e. The fourth-order valence-corrected chi connectivity index (χ4v) is 1.21. The molecule has 1 aromatic rings. The van der Waals surface area contributed by atoms with Crippen molar-refractivity contribution in [3.8, 4) is 6.07 Å². The molecule has 0 heterocycles. The van der Waals surface area contributed by atoms with Crippen LogP contribution in [0.3, 0.4) is 0 Å². The van der Waals surface area contributed by atoms with Gasteiger partial charge in [-0.25, -0.2) is 4.39 Å². The summed E-state index contributed by atoms with van der Waals surface area (Å²) in [6.45, 7) is 0.504. The summed E-state index contributed by atoms with van der Waals surface area (Å²) in [6.07, 6.45) is -0.638. The quantitative estimate of drug-likeness (QED) is 0.786. The lowest BCUT2D eigenvalue weighted by atomic mass is 10.2. The Balaban J connectivity index is 2.58. The van der Waals surface area contributed by atoms with Crippen molar-refractivity contribution in [2.75, 3.05) is 25.6 Å². The van der Waals surface area contributed by atoms with Gasteiger partial charge in [0.2, 0.25) is 0 Å². The van der Waals surface area contributed by atoms with E-state index in [0.717, 1.165) is 0 Å². The van der Waals surface area contributed by atoms with Crippen molar-refractivity contribution in [1.29, 1.82) is 5.26 Å². The van der Waals surface area contributed by atoms with Gasteiger partial charge >= 0.3 is 0 Å². The number of methoxy groups -OCH3 is 1. The van der Waals surface area contributed by atoms with Crippen LogP contribution in [-0.2, 0) is 4.74 Å². The Morgan fingerprint density at radius 1 is 1.62 bits per heavy atom. The van der Waals surface area contributed by atoms with Crippen molar-refractivity contribution in [1.82, 2.24) is 0 Å². The molecule has 0 aliphatic rings. The standard InChI is InChI=1S/C11H13FN2O2/c1-16-7-10(15)6-14-9-2-3-11(12)8(4-9)5-13/h2-4,10,14-15H,6-7H2,1H3. The summed E-state index contributed by atoms with van der Waals surface area (Å²) in [7, 11) is 1.49. The summed E-state index contributed by atoms with van der Waals surface area (Å²) < 4.78 is 17.7. The molecular formula is C11H13FN2O2. The minimum absolute atomic E-state index is 0.0220. The SMILES string of the molecule is COCC(O)CNc1ccc(F)c(C#N)c1. The van der Waals surface area contributed by atoms with Gasteiger partial charge in [0.25, 0.3) is 0 Å². The Morgan fingerprint density at radius 2 is 2.38 bits per heavy atom. The van der Waals surface area contributed by atoms with Gasteiger partial charge in [0.1, 0.15) is 11.9 Å². The van der Waals surface area contributed by atoms with Gasteiger partial charge in [-0.2, -0.15) is 5.26 Å². The molecule has 2 N–H and O–H groups in total. The Bertz CT molecular complexity index is 390. The van der Waals surface area contributed by atoms with Gasteiger partial charge in [-0.05, 0) is 18.2 Å². The first-order valence-electron chi connectivity index (χ1n) is 4.78. The molecule has 0 amide bonds. The Morgan fingerprint density at radius 3 is 3.00 bits per heavy atom. The second-order valence-corrected chi connectivity index (χ2v) is 3.30. The predicted molar refractivity (Wildman–Crippen MR) is 57.5 cm³/mol. The highest BCUT2D eigenvalue weighted by atomic mass is 19.1. The zero-order valence-electron chi connectivity index (χ0n) is 8.90. The molecule has 4 nitrogen and oxygen atoms in total. The summed E-state index contributed by atoms with van der Waals surface area (Å²) in [5.41, 5.74) is 0.569. The third-order valence-electron chi connectivity index (χ3n) is 1.99. The first kappa shape index (κ1) is 12.4. The van der Waals surface area contributed by atoms with Crippen LogP contribution in [0.15, 0.2) is 18.2 Å². The maximum absolute atomic E-state index is 13.0. The Kier molecular flexibility index (Phi) is 4.70. The number of ether oxygens (including phenoxy) is 1. The van der Waals surface area contributed by atoms with Crippen LogP contribution in [0, 0.1) is 17.1 Å². The van der Waals surface area contributed by atoms with E-state index in [1.54, 1.807) is 6.07 Å². The van der Waals surface area contributed by atoms with Crippen LogP contribution in [0.2, 0.25) is 0 Å². The number of benzene rings is 1. The lowest BCUT2D eigenvalue weighted by molar-refractivity contribution is 0.0727. The van der Waals surface area contributed by atoms with E-state index < -0.39 is 11.9 Å². The number of hydrogen-bond donors (Lipinski definition) is 2. The number of aliphatic hydroxyl groups excluding tert-OH is 1. The normalized spacial score (nSPS) is 11.9. The highest BCUT2D eigenvalue weighted by Gasteiger charge is 2.05. The largest absolute Gasteiger partial charge is 0.389 e. The number of nitriles is 1. The van der Waals surface area contributed by atoms with Crippen LogP contribution in [0.5, 0.6) is 0 Å². The fraction of sp³-hybridized carbons (Fsp3) is 0.364. The van der Waals surface area contributed by atoms with Crippen LogP contribution >= 0.6 is 0 Å². The summed E-state index contributed by atoms with van der Waals surface area (Å²) in [4.78, 5) is 0. The molecule has 0 saturated heterocycles. The van der Waals surface area contributed by atoms with Crippen LogP contribution in [-0.4, -0.2) is 31.5 Å². The molecule has 0 saturated carbocycles. The molecule has 0 fully saturated rings. The molecule has 0 aromatic heterocycles. The number of nitrogens with one attached hydrogen (secondary N) is 1. The van der Waals surface area contributed by atoms with Crippen molar-refractivity contribution in [3.63, 3.8) is 0 Å². The minimum Gasteiger partial charge on any atom is -0.389 e. The molecule has 86 valence electrons. The van der Waals surface area contributed by atoms with E-state index in [1.165, 1.54) is 25.3 Å². The zero-order chi connectivity index (χ0) is 12.0. The van der Waals surface area contributed by atoms with E-state index in [1.807, 2.05) is 0 Å². The number of hydrogen-bond acceptors (Lipinski definition) is 4. The van der Waals surface area contributed by atoms with Gasteiger partial charge in [-0.3, -0.25) is 0 Å². The van der Waals surface area contributed by atoms with Gasteiger partial charge in [0.05, 0.1) is 18.3 Å². The molecule has 1 atom stereocenters. The number of halogens is 1. The van der Waals surface area contributed by atoms with E-state index in [9.17, 15) is 9.50 Å². The first-order chi connectivity index (χ1) is 7.67.